The Morgan fingerprint density at radius 1 is 1.77 bits per heavy atom. The molecule has 0 aliphatic heterocycles. The second-order valence-electron chi connectivity index (χ2n) is 2.47. The number of alkyl halides is 1. The van der Waals surface area contributed by atoms with E-state index < -0.39 is 12.6 Å². The number of hydrogen-bond acceptors (Lipinski definition) is 2. The summed E-state index contributed by atoms with van der Waals surface area (Å²) in [5, 5.41) is 12.6. The zero-order valence-electron chi connectivity index (χ0n) is 6.92. The average Bonchev–Trinajstić information content (AvgIpc) is 2.28. The predicted molar refractivity (Wildman–Crippen MR) is 47.6 cm³/mol. The number of carbonyl (C=O) groups is 1. The SMILES string of the molecule is Cc1nn(CCF)c(Br)c1C(=O)O. The van der Waals surface area contributed by atoms with E-state index in [1.807, 2.05) is 0 Å². The maximum atomic E-state index is 12.0. The molecule has 0 fully saturated rings. The molecule has 0 bridgehead atoms. The fraction of sp³-hybridized carbons (Fsp3) is 0.429. The summed E-state index contributed by atoms with van der Waals surface area (Å²) >= 11 is 3.06. The van der Waals surface area contributed by atoms with Gasteiger partial charge in [0.2, 0.25) is 0 Å². The van der Waals surface area contributed by atoms with Gasteiger partial charge in [0.1, 0.15) is 16.8 Å². The van der Waals surface area contributed by atoms with Crippen LogP contribution in [-0.4, -0.2) is 27.5 Å². The maximum Gasteiger partial charge on any atom is 0.340 e. The first-order valence-corrected chi connectivity index (χ1v) is 4.39. The number of nitrogens with zero attached hydrogens (tertiary/aromatic N) is 2. The zero-order valence-corrected chi connectivity index (χ0v) is 8.51. The van der Waals surface area contributed by atoms with Gasteiger partial charge in [0.25, 0.3) is 0 Å². The van der Waals surface area contributed by atoms with Crippen molar-refractivity contribution in [3.63, 3.8) is 0 Å². The number of aryl methyl sites for hydroxylation is 2. The van der Waals surface area contributed by atoms with Gasteiger partial charge in [-0.1, -0.05) is 0 Å². The molecule has 0 saturated carbocycles. The van der Waals surface area contributed by atoms with Crippen molar-refractivity contribution in [1.29, 1.82) is 0 Å². The maximum absolute atomic E-state index is 12.0. The third-order valence-electron chi connectivity index (χ3n) is 1.58. The molecule has 0 aliphatic carbocycles. The molecule has 0 amide bonds. The number of carboxylic acids is 1. The summed E-state index contributed by atoms with van der Waals surface area (Å²) in [6.07, 6.45) is 0. The van der Waals surface area contributed by atoms with Gasteiger partial charge in [-0.2, -0.15) is 5.10 Å². The molecule has 1 aromatic rings. The Kier molecular flexibility index (Phi) is 3.02. The molecular formula is C7H8BrFN2O2. The normalized spacial score (nSPS) is 10.4. The highest BCUT2D eigenvalue weighted by atomic mass is 79.9. The Hall–Kier alpha value is -0.910. The molecule has 72 valence electrons. The van der Waals surface area contributed by atoms with E-state index in [4.69, 9.17) is 5.11 Å². The van der Waals surface area contributed by atoms with E-state index in [0.717, 1.165) is 0 Å². The monoisotopic (exact) mass is 250 g/mol. The number of rotatable bonds is 3. The highest BCUT2D eigenvalue weighted by molar-refractivity contribution is 9.10. The molecule has 1 N–H and O–H groups in total. The molecule has 13 heavy (non-hydrogen) atoms. The second-order valence-corrected chi connectivity index (χ2v) is 3.22. The standard InChI is InChI=1S/C7H8BrFN2O2/c1-4-5(7(12)13)6(8)11(10-4)3-2-9/h2-3H2,1H3,(H,12,13). The third kappa shape index (κ3) is 1.88. The van der Waals surface area contributed by atoms with E-state index in [1.165, 1.54) is 4.68 Å². The number of halogens is 2. The zero-order chi connectivity index (χ0) is 10.0. The molecular weight excluding hydrogens is 243 g/mol. The molecule has 0 aromatic carbocycles. The molecule has 0 saturated heterocycles. The third-order valence-corrected chi connectivity index (χ3v) is 2.38. The van der Waals surface area contributed by atoms with E-state index in [0.29, 0.717) is 10.3 Å². The minimum absolute atomic E-state index is 0.0642. The summed E-state index contributed by atoms with van der Waals surface area (Å²) in [6, 6.07) is 0. The van der Waals surface area contributed by atoms with Crippen molar-refractivity contribution >= 4 is 21.9 Å². The smallest absolute Gasteiger partial charge is 0.340 e. The van der Waals surface area contributed by atoms with Crippen LogP contribution in [-0.2, 0) is 6.54 Å². The summed E-state index contributed by atoms with van der Waals surface area (Å²) in [5.41, 5.74) is 0.473. The van der Waals surface area contributed by atoms with Crippen LogP contribution in [0.5, 0.6) is 0 Å². The van der Waals surface area contributed by atoms with Gasteiger partial charge in [0.15, 0.2) is 0 Å². The highest BCUT2D eigenvalue weighted by Crippen LogP contribution is 2.19. The number of hydrogen-bond donors (Lipinski definition) is 1. The van der Waals surface area contributed by atoms with Gasteiger partial charge in [0.05, 0.1) is 12.2 Å². The van der Waals surface area contributed by atoms with E-state index in [9.17, 15) is 9.18 Å². The van der Waals surface area contributed by atoms with E-state index in [-0.39, 0.29) is 12.1 Å². The van der Waals surface area contributed by atoms with Crippen LogP contribution in [0, 0.1) is 6.92 Å². The number of aromatic carboxylic acids is 1. The fourth-order valence-corrected chi connectivity index (χ4v) is 1.74. The van der Waals surface area contributed by atoms with Gasteiger partial charge in [0, 0.05) is 0 Å². The van der Waals surface area contributed by atoms with Crippen LogP contribution in [0.4, 0.5) is 4.39 Å². The van der Waals surface area contributed by atoms with Crippen molar-refractivity contribution < 1.29 is 14.3 Å². The Labute approximate surface area is 82.5 Å². The van der Waals surface area contributed by atoms with Gasteiger partial charge < -0.3 is 5.11 Å². The molecule has 0 aliphatic rings. The summed E-state index contributed by atoms with van der Waals surface area (Å²) in [7, 11) is 0. The average molecular weight is 251 g/mol. The van der Waals surface area contributed by atoms with Gasteiger partial charge in [-0.25, -0.2) is 9.18 Å². The minimum atomic E-state index is -1.06. The van der Waals surface area contributed by atoms with Crippen LogP contribution < -0.4 is 0 Å². The summed E-state index contributed by atoms with van der Waals surface area (Å²) < 4.78 is 13.6. The lowest BCUT2D eigenvalue weighted by atomic mass is 10.3. The van der Waals surface area contributed by atoms with Crippen LogP contribution in [0.1, 0.15) is 16.1 Å². The molecule has 0 atom stereocenters. The van der Waals surface area contributed by atoms with Crippen molar-refractivity contribution in [3.8, 4) is 0 Å². The lowest BCUT2D eigenvalue weighted by Gasteiger charge is -1.97. The fourth-order valence-electron chi connectivity index (χ4n) is 1.02. The van der Waals surface area contributed by atoms with Crippen LogP contribution in [0.3, 0.4) is 0 Å². The lowest BCUT2D eigenvalue weighted by molar-refractivity contribution is 0.0695. The summed E-state index contributed by atoms with van der Waals surface area (Å²) in [4.78, 5) is 10.7. The lowest BCUT2D eigenvalue weighted by Crippen LogP contribution is -2.03. The van der Waals surface area contributed by atoms with Crippen LogP contribution >= 0.6 is 15.9 Å². The highest BCUT2D eigenvalue weighted by Gasteiger charge is 2.18. The minimum Gasteiger partial charge on any atom is -0.478 e. The first-order chi connectivity index (χ1) is 6.07. The van der Waals surface area contributed by atoms with Crippen molar-refractivity contribution in [2.45, 2.75) is 13.5 Å². The van der Waals surface area contributed by atoms with Crippen molar-refractivity contribution in [2.75, 3.05) is 6.67 Å². The quantitative estimate of drug-likeness (QED) is 0.888. The number of aromatic nitrogens is 2. The molecule has 1 rings (SSSR count). The molecule has 4 nitrogen and oxygen atoms in total. The van der Waals surface area contributed by atoms with Crippen molar-refractivity contribution in [1.82, 2.24) is 9.78 Å². The number of carboxylic acid groups (broad SMARTS) is 1. The first-order valence-electron chi connectivity index (χ1n) is 3.60. The molecule has 0 spiro atoms. The Morgan fingerprint density at radius 2 is 2.38 bits per heavy atom. The summed E-state index contributed by atoms with van der Waals surface area (Å²) in [5.74, 6) is -1.06. The Balaban J connectivity index is 3.14. The van der Waals surface area contributed by atoms with Crippen LogP contribution in [0.25, 0.3) is 0 Å². The Bertz CT molecular complexity index is 337. The van der Waals surface area contributed by atoms with Gasteiger partial charge in [-0.15, -0.1) is 0 Å². The molecule has 0 unspecified atom stereocenters. The molecule has 1 aromatic heterocycles. The first kappa shape index (κ1) is 10.2. The van der Waals surface area contributed by atoms with Gasteiger partial charge in [-0.05, 0) is 22.9 Å². The van der Waals surface area contributed by atoms with Gasteiger partial charge >= 0.3 is 5.97 Å². The van der Waals surface area contributed by atoms with Gasteiger partial charge in [-0.3, -0.25) is 4.68 Å². The van der Waals surface area contributed by atoms with E-state index in [2.05, 4.69) is 21.0 Å². The second kappa shape index (κ2) is 3.87. The van der Waals surface area contributed by atoms with Crippen molar-refractivity contribution in [2.24, 2.45) is 0 Å². The largest absolute Gasteiger partial charge is 0.478 e. The predicted octanol–water partition coefficient (Wildman–Crippen LogP) is 1.62. The summed E-state index contributed by atoms with van der Waals surface area (Å²) in [6.45, 7) is 1.07. The Morgan fingerprint density at radius 3 is 2.77 bits per heavy atom. The molecule has 0 radical (unpaired) electrons. The van der Waals surface area contributed by atoms with E-state index >= 15 is 0 Å². The van der Waals surface area contributed by atoms with Crippen molar-refractivity contribution in [3.05, 3.63) is 15.9 Å². The topological polar surface area (TPSA) is 55.1 Å². The van der Waals surface area contributed by atoms with Crippen LogP contribution in [0.2, 0.25) is 0 Å². The van der Waals surface area contributed by atoms with E-state index in [1.54, 1.807) is 6.92 Å². The molecule has 1 heterocycles. The molecule has 6 heteroatoms. The van der Waals surface area contributed by atoms with Crippen LogP contribution in [0.15, 0.2) is 4.60 Å².